The number of hydrogen-bond donors (Lipinski definition) is 0. The zero-order chi connectivity index (χ0) is 15.3. The van der Waals surface area contributed by atoms with Crippen molar-refractivity contribution in [2.75, 3.05) is 6.61 Å². The van der Waals surface area contributed by atoms with Crippen LogP contribution in [0, 0.1) is 13.8 Å². The first kappa shape index (κ1) is 16.5. The van der Waals surface area contributed by atoms with Crippen molar-refractivity contribution in [3.05, 3.63) is 33.2 Å². The van der Waals surface area contributed by atoms with Crippen LogP contribution in [-0.4, -0.2) is 17.1 Å². The second kappa shape index (κ2) is 7.27. The van der Waals surface area contributed by atoms with Gasteiger partial charge in [0.05, 0.1) is 12.2 Å². The zero-order valence-corrected chi connectivity index (χ0v) is 13.2. The summed E-state index contributed by atoms with van der Waals surface area (Å²) in [6, 6.07) is 1.62. The van der Waals surface area contributed by atoms with E-state index in [1.165, 1.54) is 6.07 Å². The lowest BCUT2D eigenvalue weighted by Crippen LogP contribution is -2.28. The van der Waals surface area contributed by atoms with E-state index < -0.39 is 0 Å². The number of aromatic nitrogens is 1. The van der Waals surface area contributed by atoms with Gasteiger partial charge < -0.3 is 9.30 Å². The van der Waals surface area contributed by atoms with Crippen molar-refractivity contribution >= 4 is 5.97 Å². The molecule has 20 heavy (non-hydrogen) atoms. The number of carbonyl (C=O) groups is 1. The predicted octanol–water partition coefficient (Wildman–Crippen LogP) is 3.39. The fourth-order valence-corrected chi connectivity index (χ4v) is 2.59. The lowest BCUT2D eigenvalue weighted by atomic mass is 10.1. The summed E-state index contributed by atoms with van der Waals surface area (Å²) in [5.41, 5.74) is 1.87. The Bertz CT molecular complexity index is 531. The third-order valence-electron chi connectivity index (χ3n) is 3.59. The van der Waals surface area contributed by atoms with E-state index in [9.17, 15) is 9.59 Å². The van der Waals surface area contributed by atoms with E-state index in [2.05, 4.69) is 6.92 Å². The Hall–Kier alpha value is -1.58. The largest absolute Gasteiger partial charge is 0.462 e. The molecule has 4 nitrogen and oxygen atoms in total. The molecule has 0 aliphatic rings. The van der Waals surface area contributed by atoms with E-state index in [0.717, 1.165) is 19.3 Å². The molecule has 0 N–H and O–H groups in total. The van der Waals surface area contributed by atoms with Crippen LogP contribution < -0.4 is 5.56 Å². The van der Waals surface area contributed by atoms with Crippen LogP contribution in [0.3, 0.4) is 0 Å². The van der Waals surface area contributed by atoms with E-state index in [1.807, 2.05) is 13.8 Å². The molecule has 0 saturated heterocycles. The van der Waals surface area contributed by atoms with Crippen molar-refractivity contribution < 1.29 is 9.53 Å². The van der Waals surface area contributed by atoms with Gasteiger partial charge in [0.1, 0.15) is 0 Å². The number of pyridine rings is 1. The number of ether oxygens (including phenoxy) is 1. The lowest BCUT2D eigenvalue weighted by Gasteiger charge is -2.21. The van der Waals surface area contributed by atoms with Gasteiger partial charge in [0.2, 0.25) is 0 Å². The summed E-state index contributed by atoms with van der Waals surface area (Å²) in [4.78, 5) is 24.3. The van der Waals surface area contributed by atoms with E-state index in [0.29, 0.717) is 23.4 Å². The van der Waals surface area contributed by atoms with Crippen LogP contribution in [0.15, 0.2) is 10.9 Å². The van der Waals surface area contributed by atoms with Gasteiger partial charge in [-0.3, -0.25) is 4.79 Å². The van der Waals surface area contributed by atoms with Crippen LogP contribution in [0.2, 0.25) is 0 Å². The molecule has 0 amide bonds. The van der Waals surface area contributed by atoms with Crippen LogP contribution in [0.4, 0.5) is 0 Å². The highest BCUT2D eigenvalue weighted by molar-refractivity contribution is 5.92. The fraction of sp³-hybridized carbons (Fsp3) is 0.625. The average molecular weight is 279 g/mol. The van der Waals surface area contributed by atoms with Crippen LogP contribution in [0.1, 0.15) is 67.7 Å². The normalized spacial score (nSPS) is 12.2. The number of unbranched alkanes of at least 4 members (excludes halogenated alkanes) is 1. The maximum absolute atomic E-state index is 12.2. The Morgan fingerprint density at radius 3 is 2.55 bits per heavy atom. The first-order valence-corrected chi connectivity index (χ1v) is 7.33. The van der Waals surface area contributed by atoms with Gasteiger partial charge in [-0.05, 0) is 39.7 Å². The minimum atomic E-state index is -0.348. The molecular weight excluding hydrogens is 254 g/mol. The summed E-state index contributed by atoms with van der Waals surface area (Å²) in [5.74, 6) is -0.348. The molecule has 1 heterocycles. The van der Waals surface area contributed by atoms with Gasteiger partial charge in [0.25, 0.3) is 5.56 Å². The molecule has 0 aliphatic heterocycles. The topological polar surface area (TPSA) is 48.3 Å². The monoisotopic (exact) mass is 279 g/mol. The second-order valence-corrected chi connectivity index (χ2v) is 5.21. The highest BCUT2D eigenvalue weighted by atomic mass is 16.5. The first-order valence-electron chi connectivity index (χ1n) is 7.33. The molecule has 0 radical (unpaired) electrons. The van der Waals surface area contributed by atoms with Crippen molar-refractivity contribution in [1.82, 2.24) is 4.57 Å². The smallest absolute Gasteiger partial charge is 0.340 e. The summed E-state index contributed by atoms with van der Waals surface area (Å²) in [5, 5.41) is 0. The van der Waals surface area contributed by atoms with E-state index in [1.54, 1.807) is 18.4 Å². The molecule has 0 fully saturated rings. The van der Waals surface area contributed by atoms with Crippen molar-refractivity contribution in [3.8, 4) is 0 Å². The Morgan fingerprint density at radius 2 is 2.00 bits per heavy atom. The highest BCUT2D eigenvalue weighted by Crippen LogP contribution is 2.19. The third kappa shape index (κ3) is 3.50. The molecular formula is C16H25NO3. The van der Waals surface area contributed by atoms with Gasteiger partial charge in [-0.25, -0.2) is 4.79 Å². The Morgan fingerprint density at radius 1 is 1.35 bits per heavy atom. The van der Waals surface area contributed by atoms with Gasteiger partial charge in [-0.1, -0.05) is 19.8 Å². The fourth-order valence-electron chi connectivity index (χ4n) is 2.59. The summed E-state index contributed by atoms with van der Waals surface area (Å²) >= 11 is 0. The third-order valence-corrected chi connectivity index (χ3v) is 3.59. The van der Waals surface area contributed by atoms with Gasteiger partial charge in [0, 0.05) is 17.8 Å². The average Bonchev–Trinajstić information content (AvgIpc) is 2.35. The summed E-state index contributed by atoms with van der Waals surface area (Å²) < 4.78 is 6.81. The minimum Gasteiger partial charge on any atom is -0.462 e. The Balaban J connectivity index is 3.29. The molecule has 0 bridgehead atoms. The number of aryl methyl sites for hydroxylation is 1. The molecule has 0 saturated carbocycles. The maximum Gasteiger partial charge on any atom is 0.340 e. The standard InChI is InChI=1S/C16H25NO3/c1-6-8-9-12(4)17-13(5)15(16(19)20-7-2)11(3)10-14(17)18/h10,12H,6-9H2,1-5H3. The van der Waals surface area contributed by atoms with Crippen molar-refractivity contribution in [3.63, 3.8) is 0 Å². The number of hydrogen-bond acceptors (Lipinski definition) is 3. The number of rotatable bonds is 6. The second-order valence-electron chi connectivity index (χ2n) is 5.21. The highest BCUT2D eigenvalue weighted by Gasteiger charge is 2.20. The van der Waals surface area contributed by atoms with Gasteiger partial charge >= 0.3 is 5.97 Å². The zero-order valence-electron chi connectivity index (χ0n) is 13.2. The quantitative estimate of drug-likeness (QED) is 0.750. The predicted molar refractivity (Wildman–Crippen MR) is 80.4 cm³/mol. The van der Waals surface area contributed by atoms with Crippen molar-refractivity contribution in [1.29, 1.82) is 0 Å². The Kier molecular flexibility index (Phi) is 5.99. The summed E-state index contributed by atoms with van der Waals surface area (Å²) in [6.45, 7) is 9.87. The van der Waals surface area contributed by atoms with Crippen LogP contribution >= 0.6 is 0 Å². The molecule has 1 aromatic heterocycles. The van der Waals surface area contributed by atoms with Crippen molar-refractivity contribution in [2.24, 2.45) is 0 Å². The van der Waals surface area contributed by atoms with Crippen molar-refractivity contribution in [2.45, 2.75) is 59.9 Å². The number of esters is 1. The molecule has 1 atom stereocenters. The molecule has 112 valence electrons. The van der Waals surface area contributed by atoms with Gasteiger partial charge in [-0.15, -0.1) is 0 Å². The van der Waals surface area contributed by atoms with E-state index in [4.69, 9.17) is 4.74 Å². The van der Waals surface area contributed by atoms with E-state index in [-0.39, 0.29) is 17.6 Å². The molecule has 1 aromatic rings. The molecule has 1 unspecified atom stereocenters. The number of carbonyl (C=O) groups excluding carboxylic acids is 1. The maximum atomic E-state index is 12.2. The van der Waals surface area contributed by atoms with Crippen LogP contribution in [0.25, 0.3) is 0 Å². The lowest BCUT2D eigenvalue weighted by molar-refractivity contribution is 0.0523. The molecule has 0 aromatic carbocycles. The van der Waals surface area contributed by atoms with Gasteiger partial charge in [0.15, 0.2) is 0 Å². The summed E-state index contributed by atoms with van der Waals surface area (Å²) in [6.07, 6.45) is 3.09. The van der Waals surface area contributed by atoms with E-state index >= 15 is 0 Å². The molecule has 4 heteroatoms. The molecule has 1 rings (SSSR count). The first-order chi connectivity index (χ1) is 9.43. The minimum absolute atomic E-state index is 0.0448. The van der Waals surface area contributed by atoms with Crippen LogP contribution in [0.5, 0.6) is 0 Å². The molecule has 0 aliphatic carbocycles. The van der Waals surface area contributed by atoms with Gasteiger partial charge in [-0.2, -0.15) is 0 Å². The number of nitrogens with zero attached hydrogens (tertiary/aromatic N) is 1. The van der Waals surface area contributed by atoms with Crippen LogP contribution in [-0.2, 0) is 4.74 Å². The Labute approximate surface area is 120 Å². The molecule has 0 spiro atoms. The summed E-state index contributed by atoms with van der Waals surface area (Å²) in [7, 11) is 0. The SMILES string of the molecule is CCCCC(C)n1c(C)c(C(=O)OCC)c(C)cc1=O.